The Hall–Kier alpha value is -1.61. The Kier molecular flexibility index (Phi) is 5.36. The number of thiophene rings is 1. The molecule has 106 valence electrons. The minimum absolute atomic E-state index is 0.310. The number of aryl methyl sites for hydroxylation is 2. The summed E-state index contributed by atoms with van der Waals surface area (Å²) in [7, 11) is 1.66. The van der Waals surface area contributed by atoms with E-state index < -0.39 is 0 Å². The summed E-state index contributed by atoms with van der Waals surface area (Å²) in [5.41, 5.74) is 1.18. The Balaban J connectivity index is 1.82. The summed E-state index contributed by atoms with van der Waals surface area (Å²) >= 11 is 1.75. The maximum atomic E-state index is 12.0. The van der Waals surface area contributed by atoms with Gasteiger partial charge in [-0.1, -0.05) is 19.1 Å². The highest BCUT2D eigenvalue weighted by atomic mass is 32.1. The molecule has 0 atom stereocenters. The summed E-state index contributed by atoms with van der Waals surface area (Å²) in [5, 5.41) is 0. The molecule has 1 aromatic carbocycles. The van der Waals surface area contributed by atoms with Crippen LogP contribution in [0, 0.1) is 0 Å². The molecule has 0 spiro atoms. The van der Waals surface area contributed by atoms with Crippen LogP contribution in [-0.4, -0.2) is 12.9 Å². The predicted octanol–water partition coefficient (Wildman–Crippen LogP) is 4.06. The molecule has 0 saturated heterocycles. The van der Waals surface area contributed by atoms with Crippen LogP contribution in [-0.2, 0) is 24.1 Å². The number of hydrogen-bond donors (Lipinski definition) is 0. The van der Waals surface area contributed by atoms with Crippen molar-refractivity contribution < 1.29 is 9.53 Å². The first-order valence-electron chi connectivity index (χ1n) is 6.93. The van der Waals surface area contributed by atoms with Crippen LogP contribution in [0.3, 0.4) is 0 Å². The first-order chi connectivity index (χ1) is 9.71. The molecule has 0 unspecified atom stereocenters. The van der Waals surface area contributed by atoms with Gasteiger partial charge in [-0.15, -0.1) is 11.3 Å². The molecule has 0 aliphatic rings. The summed E-state index contributed by atoms with van der Waals surface area (Å²) in [6.07, 6.45) is 3.02. The van der Waals surface area contributed by atoms with Gasteiger partial charge in [-0.25, -0.2) is 0 Å². The summed E-state index contributed by atoms with van der Waals surface area (Å²) < 4.78 is 5.12. The van der Waals surface area contributed by atoms with E-state index in [1.807, 2.05) is 24.3 Å². The van der Waals surface area contributed by atoms with Crippen molar-refractivity contribution in [1.82, 2.24) is 0 Å². The molecule has 1 aromatic heterocycles. The number of ether oxygens (including phenoxy) is 1. The third-order valence-corrected chi connectivity index (χ3v) is 4.52. The van der Waals surface area contributed by atoms with E-state index in [1.165, 1.54) is 15.3 Å². The van der Waals surface area contributed by atoms with E-state index in [0.29, 0.717) is 18.6 Å². The molecule has 2 aromatic rings. The lowest BCUT2D eigenvalue weighted by Crippen LogP contribution is -2.03. The van der Waals surface area contributed by atoms with E-state index in [2.05, 4.69) is 19.1 Å². The fraction of sp³-hybridized carbons (Fsp3) is 0.353. The third kappa shape index (κ3) is 4.20. The molecule has 0 aliphatic carbocycles. The Morgan fingerprint density at radius 3 is 2.40 bits per heavy atom. The van der Waals surface area contributed by atoms with Gasteiger partial charge in [-0.05, 0) is 42.7 Å². The fourth-order valence-electron chi connectivity index (χ4n) is 2.07. The predicted molar refractivity (Wildman–Crippen MR) is 83.7 cm³/mol. The van der Waals surface area contributed by atoms with Gasteiger partial charge in [0.1, 0.15) is 11.5 Å². The lowest BCUT2D eigenvalue weighted by Gasteiger charge is -2.03. The van der Waals surface area contributed by atoms with E-state index in [1.54, 1.807) is 18.4 Å². The molecule has 0 radical (unpaired) electrons. The number of rotatable bonds is 7. The van der Waals surface area contributed by atoms with Crippen LogP contribution < -0.4 is 4.74 Å². The lowest BCUT2D eigenvalue weighted by atomic mass is 10.1. The van der Waals surface area contributed by atoms with Crippen LogP contribution in [0.15, 0.2) is 36.4 Å². The Morgan fingerprint density at radius 1 is 1.10 bits per heavy atom. The van der Waals surface area contributed by atoms with Gasteiger partial charge in [0, 0.05) is 22.6 Å². The molecule has 3 heteroatoms. The summed E-state index contributed by atoms with van der Waals surface area (Å²) in [6.45, 7) is 2.14. The quantitative estimate of drug-likeness (QED) is 0.768. The van der Waals surface area contributed by atoms with E-state index in [0.717, 1.165) is 18.6 Å². The zero-order valence-electron chi connectivity index (χ0n) is 12.0. The molecular formula is C17H20O2S. The van der Waals surface area contributed by atoms with Crippen molar-refractivity contribution in [2.75, 3.05) is 7.11 Å². The molecule has 0 N–H and O–H groups in total. The SMILES string of the molecule is CCc1ccc(CC(=O)CCc2ccc(OC)cc2)s1. The monoisotopic (exact) mass is 288 g/mol. The molecular weight excluding hydrogens is 268 g/mol. The van der Waals surface area contributed by atoms with Crippen molar-refractivity contribution in [2.45, 2.75) is 32.6 Å². The highest BCUT2D eigenvalue weighted by molar-refractivity contribution is 7.12. The van der Waals surface area contributed by atoms with Gasteiger partial charge in [0.15, 0.2) is 0 Å². The number of hydrogen-bond acceptors (Lipinski definition) is 3. The lowest BCUT2D eigenvalue weighted by molar-refractivity contribution is -0.118. The number of Topliss-reactive ketones (excluding diaryl/α,β-unsaturated/α-hetero) is 1. The van der Waals surface area contributed by atoms with Crippen molar-refractivity contribution in [3.63, 3.8) is 0 Å². The smallest absolute Gasteiger partial charge is 0.138 e. The van der Waals surface area contributed by atoms with E-state index in [9.17, 15) is 4.79 Å². The molecule has 2 rings (SSSR count). The number of carbonyl (C=O) groups is 1. The van der Waals surface area contributed by atoms with Gasteiger partial charge in [-0.2, -0.15) is 0 Å². The van der Waals surface area contributed by atoms with Gasteiger partial charge in [0.05, 0.1) is 7.11 Å². The second-order valence-electron chi connectivity index (χ2n) is 4.79. The fourth-order valence-corrected chi connectivity index (χ4v) is 3.05. The van der Waals surface area contributed by atoms with Crippen LogP contribution in [0.5, 0.6) is 5.75 Å². The van der Waals surface area contributed by atoms with Crippen molar-refractivity contribution in [3.8, 4) is 5.75 Å². The van der Waals surface area contributed by atoms with Crippen LogP contribution >= 0.6 is 11.3 Å². The van der Waals surface area contributed by atoms with Crippen LogP contribution in [0.2, 0.25) is 0 Å². The first-order valence-corrected chi connectivity index (χ1v) is 7.75. The average molecular weight is 288 g/mol. The maximum Gasteiger partial charge on any atom is 0.138 e. The zero-order valence-corrected chi connectivity index (χ0v) is 12.8. The van der Waals surface area contributed by atoms with Crippen LogP contribution in [0.25, 0.3) is 0 Å². The summed E-state index contributed by atoms with van der Waals surface area (Å²) in [4.78, 5) is 14.5. The molecule has 0 bridgehead atoms. The second kappa shape index (κ2) is 7.25. The normalized spacial score (nSPS) is 10.5. The molecule has 20 heavy (non-hydrogen) atoms. The molecule has 0 fully saturated rings. The van der Waals surface area contributed by atoms with Crippen molar-refractivity contribution >= 4 is 17.1 Å². The molecule has 1 heterocycles. The number of benzene rings is 1. The van der Waals surface area contributed by atoms with Crippen LogP contribution in [0.1, 0.15) is 28.7 Å². The van der Waals surface area contributed by atoms with Crippen LogP contribution in [0.4, 0.5) is 0 Å². The first kappa shape index (κ1) is 14.8. The second-order valence-corrected chi connectivity index (χ2v) is 6.04. The van der Waals surface area contributed by atoms with Gasteiger partial charge in [-0.3, -0.25) is 4.79 Å². The molecule has 0 amide bonds. The topological polar surface area (TPSA) is 26.3 Å². The summed E-state index contributed by atoms with van der Waals surface area (Å²) in [5.74, 6) is 1.16. The standard InChI is InChI=1S/C17H20O2S/c1-3-16-10-11-17(20-16)12-14(18)7-4-13-5-8-15(19-2)9-6-13/h5-6,8-11H,3-4,7,12H2,1-2H3. The van der Waals surface area contributed by atoms with Gasteiger partial charge in [0.2, 0.25) is 0 Å². The van der Waals surface area contributed by atoms with Crippen molar-refractivity contribution in [3.05, 3.63) is 51.7 Å². The Labute approximate surface area is 124 Å². The van der Waals surface area contributed by atoms with Crippen molar-refractivity contribution in [1.29, 1.82) is 0 Å². The van der Waals surface area contributed by atoms with E-state index in [-0.39, 0.29) is 0 Å². The van der Waals surface area contributed by atoms with E-state index in [4.69, 9.17) is 4.74 Å². The minimum atomic E-state index is 0.310. The molecule has 0 aliphatic heterocycles. The molecule has 2 nitrogen and oxygen atoms in total. The average Bonchev–Trinajstić information content (AvgIpc) is 2.93. The number of ketones is 1. The largest absolute Gasteiger partial charge is 0.497 e. The van der Waals surface area contributed by atoms with Gasteiger partial charge in [0.25, 0.3) is 0 Å². The highest BCUT2D eigenvalue weighted by Crippen LogP contribution is 2.18. The van der Waals surface area contributed by atoms with E-state index >= 15 is 0 Å². The van der Waals surface area contributed by atoms with Crippen molar-refractivity contribution in [2.24, 2.45) is 0 Å². The zero-order chi connectivity index (χ0) is 14.4. The minimum Gasteiger partial charge on any atom is -0.497 e. The Bertz CT molecular complexity index is 555. The van der Waals surface area contributed by atoms with Gasteiger partial charge < -0.3 is 4.74 Å². The van der Waals surface area contributed by atoms with Gasteiger partial charge >= 0.3 is 0 Å². The number of carbonyl (C=O) groups excluding carboxylic acids is 1. The molecule has 0 saturated carbocycles. The third-order valence-electron chi connectivity index (χ3n) is 3.29. The Morgan fingerprint density at radius 2 is 1.80 bits per heavy atom. The highest BCUT2D eigenvalue weighted by Gasteiger charge is 2.07. The maximum absolute atomic E-state index is 12.0. The number of methoxy groups -OCH3 is 1. The summed E-state index contributed by atoms with van der Waals surface area (Å²) in [6, 6.07) is 12.1.